The molecular formula is C25H44O3. The molecule has 4 aliphatic rings. The van der Waals surface area contributed by atoms with Crippen molar-refractivity contribution in [2.45, 2.75) is 97.7 Å². The van der Waals surface area contributed by atoms with Gasteiger partial charge in [-0.2, -0.15) is 0 Å². The molecule has 0 heterocycles. The normalized spacial score (nSPS) is 51.9. The minimum atomic E-state index is -0.126. The highest BCUT2D eigenvalue weighted by Gasteiger charge is 2.63. The Balaban J connectivity index is 1.54. The highest BCUT2D eigenvalue weighted by molar-refractivity contribution is 5.12. The summed E-state index contributed by atoms with van der Waals surface area (Å²) in [5, 5.41) is 20.6. The van der Waals surface area contributed by atoms with Gasteiger partial charge in [0.2, 0.25) is 0 Å². The molecule has 0 saturated heterocycles. The van der Waals surface area contributed by atoms with E-state index < -0.39 is 0 Å². The largest absolute Gasteiger partial charge is 0.394 e. The van der Waals surface area contributed by atoms with E-state index in [4.69, 9.17) is 9.84 Å². The summed E-state index contributed by atoms with van der Waals surface area (Å²) < 4.78 is 5.92. The van der Waals surface area contributed by atoms with Gasteiger partial charge in [0, 0.05) is 0 Å². The lowest BCUT2D eigenvalue weighted by Gasteiger charge is -2.62. The molecule has 4 aliphatic carbocycles. The SMILES string of the molecule is CC[C@@H](C)[C@H]1CC[C@H]2[C@@H]3CC[C@@H]4C[C@H](OCCO)CC[C@]4(C)[C@H]3C[C@H](O)[C@]12C. The van der Waals surface area contributed by atoms with Crippen molar-refractivity contribution in [1.29, 1.82) is 0 Å². The first-order valence-electron chi connectivity index (χ1n) is 12.3. The second kappa shape index (κ2) is 7.85. The quantitative estimate of drug-likeness (QED) is 0.689. The summed E-state index contributed by atoms with van der Waals surface area (Å²) in [5.41, 5.74) is 0.514. The molecule has 3 nitrogen and oxygen atoms in total. The van der Waals surface area contributed by atoms with Gasteiger partial charge in [0.1, 0.15) is 0 Å². The summed E-state index contributed by atoms with van der Waals surface area (Å²) in [6.45, 7) is 10.4. The molecule has 2 N–H and O–H groups in total. The first-order chi connectivity index (χ1) is 13.4. The lowest BCUT2D eigenvalue weighted by Crippen LogP contribution is -2.58. The molecule has 3 heteroatoms. The predicted octanol–water partition coefficient (Wildman–Crippen LogP) is 5.04. The Bertz CT molecular complexity index is 550. The van der Waals surface area contributed by atoms with Crippen molar-refractivity contribution in [3.05, 3.63) is 0 Å². The number of hydrogen-bond donors (Lipinski definition) is 2. The van der Waals surface area contributed by atoms with Gasteiger partial charge in [-0.1, -0.05) is 34.1 Å². The Morgan fingerprint density at radius 3 is 2.54 bits per heavy atom. The van der Waals surface area contributed by atoms with Gasteiger partial charge in [0.15, 0.2) is 0 Å². The van der Waals surface area contributed by atoms with Crippen LogP contribution in [0.25, 0.3) is 0 Å². The summed E-state index contributed by atoms with van der Waals surface area (Å²) in [4.78, 5) is 0. The van der Waals surface area contributed by atoms with Crippen molar-refractivity contribution in [2.75, 3.05) is 13.2 Å². The van der Waals surface area contributed by atoms with Gasteiger partial charge < -0.3 is 14.9 Å². The molecule has 0 aliphatic heterocycles. The number of aliphatic hydroxyl groups excluding tert-OH is 2. The fourth-order valence-electron chi connectivity index (χ4n) is 8.80. The van der Waals surface area contributed by atoms with Crippen LogP contribution in [0.4, 0.5) is 0 Å². The average Bonchev–Trinajstić information content (AvgIpc) is 3.05. The van der Waals surface area contributed by atoms with Gasteiger partial charge >= 0.3 is 0 Å². The maximum atomic E-state index is 11.5. The Labute approximate surface area is 172 Å². The predicted molar refractivity (Wildman–Crippen MR) is 113 cm³/mol. The first kappa shape index (κ1) is 21.1. The van der Waals surface area contributed by atoms with Crippen LogP contribution in [0.2, 0.25) is 0 Å². The molecule has 4 saturated carbocycles. The molecule has 0 radical (unpaired) electrons. The minimum absolute atomic E-state index is 0.126. The van der Waals surface area contributed by atoms with Gasteiger partial charge in [-0.05, 0) is 97.7 Å². The van der Waals surface area contributed by atoms with Crippen molar-refractivity contribution < 1.29 is 14.9 Å². The van der Waals surface area contributed by atoms with Crippen molar-refractivity contribution in [3.8, 4) is 0 Å². The van der Waals surface area contributed by atoms with E-state index in [9.17, 15) is 5.11 Å². The van der Waals surface area contributed by atoms with Gasteiger partial charge in [-0.25, -0.2) is 0 Å². The third kappa shape index (κ3) is 3.10. The van der Waals surface area contributed by atoms with Crippen LogP contribution in [-0.4, -0.2) is 35.6 Å². The van der Waals surface area contributed by atoms with Gasteiger partial charge in [0.25, 0.3) is 0 Å². The smallest absolute Gasteiger partial charge is 0.0701 e. The Morgan fingerprint density at radius 2 is 1.82 bits per heavy atom. The lowest BCUT2D eigenvalue weighted by molar-refractivity contribution is -0.178. The Morgan fingerprint density at radius 1 is 1.04 bits per heavy atom. The monoisotopic (exact) mass is 392 g/mol. The zero-order valence-corrected chi connectivity index (χ0v) is 18.7. The second-order valence-corrected chi connectivity index (χ2v) is 11.3. The molecule has 4 fully saturated rings. The Kier molecular flexibility index (Phi) is 5.92. The van der Waals surface area contributed by atoms with Gasteiger partial charge in [-0.3, -0.25) is 0 Å². The number of aliphatic hydroxyl groups is 2. The van der Waals surface area contributed by atoms with Gasteiger partial charge in [-0.15, -0.1) is 0 Å². The summed E-state index contributed by atoms with van der Waals surface area (Å²) >= 11 is 0. The highest BCUT2D eigenvalue weighted by Crippen LogP contribution is 2.68. The minimum Gasteiger partial charge on any atom is -0.394 e. The fourth-order valence-corrected chi connectivity index (χ4v) is 8.80. The van der Waals surface area contributed by atoms with Crippen LogP contribution < -0.4 is 0 Å². The van der Waals surface area contributed by atoms with E-state index in [2.05, 4.69) is 27.7 Å². The molecule has 4 rings (SSSR count). The van der Waals surface area contributed by atoms with Crippen LogP contribution in [0.15, 0.2) is 0 Å². The van der Waals surface area contributed by atoms with Crippen molar-refractivity contribution >= 4 is 0 Å². The second-order valence-electron chi connectivity index (χ2n) is 11.3. The first-order valence-corrected chi connectivity index (χ1v) is 12.3. The third-order valence-electron chi connectivity index (χ3n) is 10.6. The van der Waals surface area contributed by atoms with Crippen LogP contribution in [0.3, 0.4) is 0 Å². The van der Waals surface area contributed by atoms with E-state index in [1.165, 1.54) is 38.5 Å². The molecule has 28 heavy (non-hydrogen) atoms. The molecule has 10 atom stereocenters. The van der Waals surface area contributed by atoms with Crippen LogP contribution in [0.5, 0.6) is 0 Å². The zero-order valence-electron chi connectivity index (χ0n) is 18.7. The summed E-state index contributed by atoms with van der Waals surface area (Å²) in [6, 6.07) is 0. The highest BCUT2D eigenvalue weighted by atomic mass is 16.5. The van der Waals surface area contributed by atoms with E-state index in [1.807, 2.05) is 0 Å². The molecular weight excluding hydrogens is 348 g/mol. The molecule has 0 aromatic rings. The van der Waals surface area contributed by atoms with E-state index in [0.717, 1.165) is 42.9 Å². The van der Waals surface area contributed by atoms with Crippen LogP contribution in [0, 0.1) is 46.3 Å². The zero-order chi connectivity index (χ0) is 20.1. The molecule has 0 spiro atoms. The number of fused-ring (bicyclic) bond motifs is 5. The summed E-state index contributed by atoms with van der Waals surface area (Å²) in [7, 11) is 0. The number of hydrogen-bond acceptors (Lipinski definition) is 3. The maximum Gasteiger partial charge on any atom is 0.0701 e. The van der Waals surface area contributed by atoms with Crippen molar-refractivity contribution in [1.82, 2.24) is 0 Å². The van der Waals surface area contributed by atoms with Crippen LogP contribution in [-0.2, 0) is 4.74 Å². The van der Waals surface area contributed by atoms with E-state index in [0.29, 0.717) is 30.0 Å². The van der Waals surface area contributed by atoms with Crippen molar-refractivity contribution in [3.63, 3.8) is 0 Å². The summed E-state index contributed by atoms with van der Waals surface area (Å²) in [5.74, 6) is 4.39. The number of ether oxygens (including phenoxy) is 1. The van der Waals surface area contributed by atoms with E-state index >= 15 is 0 Å². The number of rotatable bonds is 5. The molecule has 0 aromatic heterocycles. The van der Waals surface area contributed by atoms with Crippen LogP contribution >= 0.6 is 0 Å². The molecule has 0 amide bonds. The van der Waals surface area contributed by atoms with E-state index in [1.54, 1.807) is 0 Å². The lowest BCUT2D eigenvalue weighted by atomic mass is 9.43. The standard InChI is InChI=1S/C25H44O3/c1-5-16(2)20-8-9-21-19-7-6-17-14-18(28-13-12-26)10-11-24(17,3)22(19)15-23(27)25(20,21)4/h16-23,26-27H,5-15H2,1-4H3/t16-,17-,18-,19+,20-,21+,22+,23+,24+,25-/m1/s1. The fraction of sp³-hybridized carbons (Fsp3) is 1.00. The molecule has 0 unspecified atom stereocenters. The topological polar surface area (TPSA) is 49.7 Å². The molecule has 162 valence electrons. The maximum absolute atomic E-state index is 11.5. The Hall–Kier alpha value is -0.120. The third-order valence-corrected chi connectivity index (χ3v) is 10.6. The van der Waals surface area contributed by atoms with Crippen molar-refractivity contribution in [2.24, 2.45) is 46.3 Å². The average molecular weight is 393 g/mol. The van der Waals surface area contributed by atoms with Gasteiger partial charge in [0.05, 0.1) is 25.4 Å². The van der Waals surface area contributed by atoms with Crippen LogP contribution in [0.1, 0.15) is 85.5 Å². The summed E-state index contributed by atoms with van der Waals surface area (Å²) in [6.07, 6.45) is 11.4. The molecule has 0 aromatic carbocycles. The van der Waals surface area contributed by atoms with E-state index in [-0.39, 0.29) is 18.1 Å². The molecule has 0 bridgehead atoms.